The Hall–Kier alpha value is -1.24. The van der Waals surface area contributed by atoms with Crippen LogP contribution in [0, 0.1) is 0 Å². The number of nitrogens with one attached hydrogen (secondary N) is 1. The molecule has 0 radical (unpaired) electrons. The summed E-state index contributed by atoms with van der Waals surface area (Å²) in [4.78, 5) is 28.4. The fourth-order valence-corrected chi connectivity index (χ4v) is 3.90. The number of amides is 2. The number of piperazine rings is 1. The Kier molecular flexibility index (Phi) is 5.46. The SMILES string of the molecule is O=C(Cc1ccc(Cl)cc1)N1CCN(C(=O)C2CSCN2)CC1. The quantitative estimate of drug-likeness (QED) is 0.887. The van der Waals surface area contributed by atoms with E-state index >= 15 is 0 Å². The Morgan fingerprint density at radius 3 is 2.39 bits per heavy atom. The van der Waals surface area contributed by atoms with Crippen LogP contribution in [0.4, 0.5) is 0 Å². The predicted octanol–water partition coefficient (Wildman–Crippen LogP) is 1.22. The van der Waals surface area contributed by atoms with Gasteiger partial charge >= 0.3 is 0 Å². The lowest BCUT2D eigenvalue weighted by atomic mass is 10.1. The molecule has 2 amide bonds. The van der Waals surface area contributed by atoms with E-state index in [-0.39, 0.29) is 17.9 Å². The van der Waals surface area contributed by atoms with Crippen LogP contribution in [0.2, 0.25) is 5.02 Å². The molecule has 1 aromatic rings. The van der Waals surface area contributed by atoms with E-state index in [1.165, 1.54) is 0 Å². The molecule has 2 fully saturated rings. The molecule has 0 bridgehead atoms. The highest BCUT2D eigenvalue weighted by Gasteiger charge is 2.30. The minimum Gasteiger partial charge on any atom is -0.339 e. The summed E-state index contributed by atoms with van der Waals surface area (Å²) in [5.41, 5.74) is 0.963. The van der Waals surface area contributed by atoms with Gasteiger partial charge in [-0.25, -0.2) is 0 Å². The zero-order chi connectivity index (χ0) is 16.2. The van der Waals surface area contributed by atoms with Crippen LogP contribution in [0.25, 0.3) is 0 Å². The zero-order valence-electron chi connectivity index (χ0n) is 12.8. The Labute approximate surface area is 145 Å². The van der Waals surface area contributed by atoms with E-state index in [1.54, 1.807) is 23.9 Å². The molecule has 2 saturated heterocycles. The molecule has 0 spiro atoms. The van der Waals surface area contributed by atoms with E-state index in [0.29, 0.717) is 37.6 Å². The van der Waals surface area contributed by atoms with E-state index in [4.69, 9.17) is 11.6 Å². The molecule has 1 N–H and O–H groups in total. The van der Waals surface area contributed by atoms with E-state index in [0.717, 1.165) is 17.2 Å². The van der Waals surface area contributed by atoms with Crippen molar-refractivity contribution in [3.8, 4) is 0 Å². The number of nitrogens with zero attached hydrogens (tertiary/aromatic N) is 2. The van der Waals surface area contributed by atoms with Gasteiger partial charge in [0.2, 0.25) is 11.8 Å². The monoisotopic (exact) mass is 353 g/mol. The number of halogens is 1. The van der Waals surface area contributed by atoms with Gasteiger partial charge in [-0.2, -0.15) is 0 Å². The van der Waals surface area contributed by atoms with E-state index in [9.17, 15) is 9.59 Å². The minimum atomic E-state index is -0.0590. The molecule has 5 nitrogen and oxygen atoms in total. The third-order valence-corrected chi connectivity index (χ3v) is 5.42. The van der Waals surface area contributed by atoms with Crippen molar-refractivity contribution in [1.82, 2.24) is 15.1 Å². The van der Waals surface area contributed by atoms with Gasteiger partial charge in [0.15, 0.2) is 0 Å². The third kappa shape index (κ3) is 4.19. The number of rotatable bonds is 3. The molecule has 1 atom stereocenters. The van der Waals surface area contributed by atoms with Crippen LogP contribution in [0.1, 0.15) is 5.56 Å². The highest BCUT2D eigenvalue weighted by molar-refractivity contribution is 7.99. The average molecular weight is 354 g/mol. The molecule has 0 saturated carbocycles. The van der Waals surface area contributed by atoms with Gasteiger partial charge in [0.05, 0.1) is 12.5 Å². The lowest BCUT2D eigenvalue weighted by Crippen LogP contribution is -2.54. The van der Waals surface area contributed by atoms with E-state index in [2.05, 4.69) is 5.32 Å². The molecule has 23 heavy (non-hydrogen) atoms. The van der Waals surface area contributed by atoms with Crippen molar-refractivity contribution >= 4 is 35.2 Å². The first kappa shape index (κ1) is 16.6. The van der Waals surface area contributed by atoms with Crippen LogP contribution in [-0.4, -0.2) is 65.5 Å². The van der Waals surface area contributed by atoms with Crippen LogP contribution >= 0.6 is 23.4 Å². The molecular weight excluding hydrogens is 334 g/mol. The lowest BCUT2D eigenvalue weighted by Gasteiger charge is -2.36. The number of hydrogen-bond acceptors (Lipinski definition) is 4. The molecule has 2 heterocycles. The van der Waals surface area contributed by atoms with E-state index in [1.807, 2.05) is 21.9 Å². The molecule has 7 heteroatoms. The molecule has 1 unspecified atom stereocenters. The van der Waals surface area contributed by atoms with Crippen LogP contribution in [0.3, 0.4) is 0 Å². The number of hydrogen-bond donors (Lipinski definition) is 1. The second-order valence-electron chi connectivity index (χ2n) is 5.78. The number of carbonyl (C=O) groups is 2. The summed E-state index contributed by atoms with van der Waals surface area (Å²) in [6, 6.07) is 7.30. The van der Waals surface area contributed by atoms with Crippen molar-refractivity contribution in [1.29, 1.82) is 0 Å². The molecule has 0 aliphatic carbocycles. The van der Waals surface area contributed by atoms with Gasteiger partial charge in [0.1, 0.15) is 0 Å². The van der Waals surface area contributed by atoms with Gasteiger partial charge in [-0.05, 0) is 17.7 Å². The summed E-state index contributed by atoms with van der Waals surface area (Å²) < 4.78 is 0. The van der Waals surface area contributed by atoms with Gasteiger partial charge in [-0.3, -0.25) is 14.9 Å². The van der Waals surface area contributed by atoms with Crippen molar-refractivity contribution in [2.45, 2.75) is 12.5 Å². The second kappa shape index (κ2) is 7.55. The van der Waals surface area contributed by atoms with Crippen molar-refractivity contribution in [3.05, 3.63) is 34.9 Å². The largest absolute Gasteiger partial charge is 0.339 e. The summed E-state index contributed by atoms with van der Waals surface area (Å²) >= 11 is 7.61. The third-order valence-electron chi connectivity index (χ3n) is 4.23. The van der Waals surface area contributed by atoms with Gasteiger partial charge in [0.25, 0.3) is 0 Å². The van der Waals surface area contributed by atoms with Crippen LogP contribution < -0.4 is 5.32 Å². The van der Waals surface area contributed by atoms with Crippen molar-refractivity contribution in [3.63, 3.8) is 0 Å². The Bertz CT molecular complexity index is 567. The second-order valence-corrected chi connectivity index (χ2v) is 7.25. The first-order chi connectivity index (χ1) is 11.1. The normalized spacial score (nSPS) is 21.5. The molecule has 3 rings (SSSR count). The topological polar surface area (TPSA) is 52.7 Å². The Morgan fingerprint density at radius 2 is 1.78 bits per heavy atom. The van der Waals surface area contributed by atoms with E-state index < -0.39 is 0 Å². The van der Waals surface area contributed by atoms with Crippen LogP contribution in [-0.2, 0) is 16.0 Å². The van der Waals surface area contributed by atoms with Gasteiger partial charge < -0.3 is 9.80 Å². The van der Waals surface area contributed by atoms with Gasteiger partial charge in [0, 0.05) is 42.8 Å². The Morgan fingerprint density at radius 1 is 1.13 bits per heavy atom. The molecule has 0 aromatic heterocycles. The Balaban J connectivity index is 1.49. The molecule has 1 aromatic carbocycles. The maximum Gasteiger partial charge on any atom is 0.240 e. The molecule has 2 aliphatic rings. The lowest BCUT2D eigenvalue weighted by molar-refractivity contribution is -0.140. The summed E-state index contributed by atoms with van der Waals surface area (Å²) in [6.45, 7) is 2.46. The van der Waals surface area contributed by atoms with Gasteiger partial charge in [-0.15, -0.1) is 11.8 Å². The first-order valence-corrected chi connectivity index (χ1v) is 9.29. The smallest absolute Gasteiger partial charge is 0.240 e. The maximum atomic E-state index is 12.4. The van der Waals surface area contributed by atoms with Crippen molar-refractivity contribution in [2.75, 3.05) is 37.8 Å². The van der Waals surface area contributed by atoms with Crippen LogP contribution in [0.5, 0.6) is 0 Å². The molecular formula is C16H20ClN3O2S. The molecule has 124 valence electrons. The zero-order valence-corrected chi connectivity index (χ0v) is 14.4. The summed E-state index contributed by atoms with van der Waals surface area (Å²) in [5, 5.41) is 3.88. The summed E-state index contributed by atoms with van der Waals surface area (Å²) in [7, 11) is 0. The predicted molar refractivity (Wildman–Crippen MR) is 92.6 cm³/mol. The fraction of sp³-hybridized carbons (Fsp3) is 0.500. The van der Waals surface area contributed by atoms with Gasteiger partial charge in [-0.1, -0.05) is 23.7 Å². The average Bonchev–Trinajstić information content (AvgIpc) is 3.11. The standard InChI is InChI=1S/C16H20ClN3O2S/c17-13-3-1-12(2-4-13)9-15(21)19-5-7-20(8-6-19)16(22)14-10-23-11-18-14/h1-4,14,18H,5-11H2. The highest BCUT2D eigenvalue weighted by Crippen LogP contribution is 2.15. The summed E-state index contributed by atoms with van der Waals surface area (Å²) in [6.07, 6.45) is 0.381. The number of benzene rings is 1. The number of thioether (sulfide) groups is 1. The first-order valence-electron chi connectivity index (χ1n) is 7.75. The maximum absolute atomic E-state index is 12.4. The number of carbonyl (C=O) groups excluding carboxylic acids is 2. The van der Waals surface area contributed by atoms with Crippen molar-refractivity contribution in [2.24, 2.45) is 0 Å². The highest BCUT2D eigenvalue weighted by atomic mass is 35.5. The molecule has 2 aliphatic heterocycles. The fourth-order valence-electron chi connectivity index (χ4n) is 2.84. The van der Waals surface area contributed by atoms with Crippen molar-refractivity contribution < 1.29 is 9.59 Å². The summed E-state index contributed by atoms with van der Waals surface area (Å²) in [5.74, 6) is 1.96. The van der Waals surface area contributed by atoms with Crippen LogP contribution in [0.15, 0.2) is 24.3 Å². The minimum absolute atomic E-state index is 0.0590.